The first-order chi connectivity index (χ1) is 20.5. The number of carbonyl (C=O) groups is 2. The van der Waals surface area contributed by atoms with Crippen LogP contribution in [0.25, 0.3) is 22.2 Å². The van der Waals surface area contributed by atoms with E-state index in [0.717, 1.165) is 46.3 Å². The molecule has 9 heteroatoms. The summed E-state index contributed by atoms with van der Waals surface area (Å²) in [6, 6.07) is 20.4. The van der Waals surface area contributed by atoms with E-state index < -0.39 is 0 Å². The van der Waals surface area contributed by atoms with Crippen LogP contribution in [0.4, 0.5) is 5.82 Å². The lowest BCUT2D eigenvalue weighted by molar-refractivity contribution is 0.0748. The van der Waals surface area contributed by atoms with Gasteiger partial charge in [-0.2, -0.15) is 0 Å². The standard InChI is InChI=1S/C33H35N7O2/c1-24-11-12-28-26(21-24)30(31(37(28)2)25-9-4-3-5-10-25)33(42)40-19-17-39(18-20-40)29-23-35-27(22-36-29)32(41)34-13-8-16-38-14-6-7-15-38/h3-7,9-12,14-15,21-23H,8,13,16-20H2,1-2H3,(H,34,41). The van der Waals surface area contributed by atoms with Crippen molar-refractivity contribution >= 4 is 28.5 Å². The van der Waals surface area contributed by atoms with Gasteiger partial charge < -0.3 is 24.3 Å². The Hall–Kier alpha value is -4.92. The number of nitrogens with zero attached hydrogens (tertiary/aromatic N) is 6. The van der Waals surface area contributed by atoms with E-state index in [-0.39, 0.29) is 11.8 Å². The number of benzene rings is 2. The zero-order valence-electron chi connectivity index (χ0n) is 24.0. The third-order valence-electron chi connectivity index (χ3n) is 7.92. The molecule has 0 radical (unpaired) electrons. The van der Waals surface area contributed by atoms with Crippen LogP contribution in [0.1, 0.15) is 32.8 Å². The van der Waals surface area contributed by atoms with E-state index in [1.807, 2.05) is 54.7 Å². The first kappa shape index (κ1) is 27.3. The number of carbonyl (C=O) groups excluding carboxylic acids is 2. The molecule has 214 valence electrons. The van der Waals surface area contributed by atoms with Crippen LogP contribution in [-0.2, 0) is 13.6 Å². The number of fused-ring (bicyclic) bond motifs is 1. The normalized spacial score (nSPS) is 13.5. The fraction of sp³-hybridized carbons (Fsp3) is 0.273. The highest BCUT2D eigenvalue weighted by Crippen LogP contribution is 2.35. The van der Waals surface area contributed by atoms with E-state index in [1.165, 1.54) is 6.20 Å². The summed E-state index contributed by atoms with van der Waals surface area (Å²) >= 11 is 0. The lowest BCUT2D eigenvalue weighted by Gasteiger charge is -2.35. The third-order valence-corrected chi connectivity index (χ3v) is 7.92. The van der Waals surface area contributed by atoms with Crippen molar-refractivity contribution in [3.63, 3.8) is 0 Å². The SMILES string of the molecule is Cc1ccc2c(c1)c(C(=O)N1CCN(c3cnc(C(=O)NCCCn4cccc4)cn3)CC1)c(-c1ccccc1)n2C. The molecule has 0 spiro atoms. The Morgan fingerprint density at radius 2 is 1.67 bits per heavy atom. The minimum absolute atomic E-state index is 0.0413. The molecule has 4 heterocycles. The van der Waals surface area contributed by atoms with Crippen LogP contribution in [0.2, 0.25) is 0 Å². The molecule has 1 N–H and O–H groups in total. The Kier molecular flexibility index (Phi) is 7.72. The van der Waals surface area contributed by atoms with Gasteiger partial charge >= 0.3 is 0 Å². The van der Waals surface area contributed by atoms with Crippen molar-refractivity contribution in [2.24, 2.45) is 7.05 Å². The maximum atomic E-state index is 14.1. The molecule has 0 saturated carbocycles. The second kappa shape index (κ2) is 11.9. The van der Waals surface area contributed by atoms with Gasteiger partial charge in [0.1, 0.15) is 11.5 Å². The lowest BCUT2D eigenvalue weighted by Crippen LogP contribution is -2.49. The monoisotopic (exact) mass is 561 g/mol. The van der Waals surface area contributed by atoms with E-state index in [2.05, 4.69) is 66.6 Å². The highest BCUT2D eigenvalue weighted by Gasteiger charge is 2.29. The Balaban J connectivity index is 1.11. The van der Waals surface area contributed by atoms with Crippen LogP contribution < -0.4 is 10.2 Å². The molecule has 3 aromatic heterocycles. The van der Waals surface area contributed by atoms with Crippen molar-refractivity contribution in [2.45, 2.75) is 19.9 Å². The molecule has 0 atom stereocenters. The average molecular weight is 562 g/mol. The van der Waals surface area contributed by atoms with Gasteiger partial charge in [0.15, 0.2) is 0 Å². The highest BCUT2D eigenvalue weighted by atomic mass is 16.2. The minimum atomic E-state index is -0.225. The zero-order valence-corrected chi connectivity index (χ0v) is 24.0. The Morgan fingerprint density at radius 1 is 0.905 bits per heavy atom. The van der Waals surface area contributed by atoms with Gasteiger partial charge in [0.2, 0.25) is 0 Å². The summed E-state index contributed by atoms with van der Waals surface area (Å²) in [5.41, 5.74) is 5.18. The molecule has 42 heavy (non-hydrogen) atoms. The fourth-order valence-electron chi connectivity index (χ4n) is 5.68. The quantitative estimate of drug-likeness (QED) is 0.281. The number of aromatic nitrogens is 4. The maximum Gasteiger partial charge on any atom is 0.271 e. The summed E-state index contributed by atoms with van der Waals surface area (Å²) in [4.78, 5) is 39.5. The van der Waals surface area contributed by atoms with Gasteiger partial charge in [-0.1, -0.05) is 42.0 Å². The zero-order chi connectivity index (χ0) is 29.1. The fourth-order valence-corrected chi connectivity index (χ4v) is 5.68. The van der Waals surface area contributed by atoms with Gasteiger partial charge in [-0.3, -0.25) is 9.59 Å². The van der Waals surface area contributed by atoms with Crippen molar-refractivity contribution in [2.75, 3.05) is 37.6 Å². The van der Waals surface area contributed by atoms with Gasteiger partial charge in [-0.15, -0.1) is 0 Å². The smallest absolute Gasteiger partial charge is 0.271 e. The predicted octanol–water partition coefficient (Wildman–Crippen LogP) is 4.53. The number of anilines is 1. The molecule has 0 unspecified atom stereocenters. The lowest BCUT2D eigenvalue weighted by atomic mass is 10.0. The molecule has 2 amide bonds. The van der Waals surface area contributed by atoms with E-state index in [1.54, 1.807) is 6.20 Å². The molecule has 1 fully saturated rings. The molecule has 6 rings (SSSR count). The number of nitrogens with one attached hydrogen (secondary N) is 1. The van der Waals surface area contributed by atoms with Gasteiger partial charge in [0.05, 0.1) is 23.7 Å². The van der Waals surface area contributed by atoms with Crippen LogP contribution in [0.5, 0.6) is 0 Å². The summed E-state index contributed by atoms with van der Waals surface area (Å²) in [5, 5.41) is 3.89. The summed E-state index contributed by atoms with van der Waals surface area (Å²) in [7, 11) is 2.03. The largest absolute Gasteiger partial charge is 0.354 e. The molecule has 5 aromatic rings. The molecule has 9 nitrogen and oxygen atoms in total. The molecule has 0 bridgehead atoms. The minimum Gasteiger partial charge on any atom is -0.354 e. The topological polar surface area (TPSA) is 88.3 Å². The van der Waals surface area contributed by atoms with E-state index in [4.69, 9.17) is 0 Å². The predicted molar refractivity (Wildman–Crippen MR) is 165 cm³/mol. The van der Waals surface area contributed by atoms with Crippen molar-refractivity contribution in [3.8, 4) is 11.3 Å². The molecular formula is C33H35N7O2. The number of hydrogen-bond donors (Lipinski definition) is 1. The molecular weight excluding hydrogens is 526 g/mol. The van der Waals surface area contributed by atoms with Gasteiger partial charge in [0, 0.05) is 69.6 Å². The first-order valence-corrected chi connectivity index (χ1v) is 14.4. The molecule has 1 saturated heterocycles. The number of amides is 2. The van der Waals surface area contributed by atoms with E-state index in [9.17, 15) is 9.59 Å². The van der Waals surface area contributed by atoms with Gasteiger partial charge in [-0.05, 0) is 43.2 Å². The number of aryl methyl sites for hydroxylation is 3. The third kappa shape index (κ3) is 5.50. The molecule has 1 aliphatic heterocycles. The molecule has 2 aromatic carbocycles. The van der Waals surface area contributed by atoms with E-state index in [0.29, 0.717) is 44.2 Å². The molecule has 0 aliphatic carbocycles. The summed E-state index contributed by atoms with van der Waals surface area (Å²) < 4.78 is 4.21. The van der Waals surface area contributed by atoms with Crippen LogP contribution in [-0.4, -0.2) is 68.5 Å². The van der Waals surface area contributed by atoms with Gasteiger partial charge in [-0.25, -0.2) is 9.97 Å². The van der Waals surface area contributed by atoms with Crippen LogP contribution in [0.3, 0.4) is 0 Å². The van der Waals surface area contributed by atoms with Gasteiger partial charge in [0.25, 0.3) is 11.8 Å². The van der Waals surface area contributed by atoms with Crippen LogP contribution in [0.15, 0.2) is 85.5 Å². The van der Waals surface area contributed by atoms with Crippen molar-refractivity contribution in [1.29, 1.82) is 0 Å². The molecule has 1 aliphatic rings. The van der Waals surface area contributed by atoms with E-state index >= 15 is 0 Å². The van der Waals surface area contributed by atoms with Crippen molar-refractivity contribution < 1.29 is 9.59 Å². The second-order valence-electron chi connectivity index (χ2n) is 10.7. The number of rotatable bonds is 8. The first-order valence-electron chi connectivity index (χ1n) is 14.4. The number of hydrogen-bond acceptors (Lipinski definition) is 5. The summed E-state index contributed by atoms with van der Waals surface area (Å²) in [5.74, 6) is 0.521. The Morgan fingerprint density at radius 3 is 2.38 bits per heavy atom. The van der Waals surface area contributed by atoms with Crippen molar-refractivity contribution in [3.05, 3.63) is 102 Å². The summed E-state index contributed by atoms with van der Waals surface area (Å²) in [6.45, 7) is 5.88. The van der Waals surface area contributed by atoms with Crippen molar-refractivity contribution in [1.82, 2.24) is 29.3 Å². The second-order valence-corrected chi connectivity index (χ2v) is 10.7. The summed E-state index contributed by atoms with van der Waals surface area (Å²) in [6.07, 6.45) is 8.02. The highest BCUT2D eigenvalue weighted by molar-refractivity contribution is 6.13. The Labute approximate surface area is 245 Å². The van der Waals surface area contributed by atoms with Crippen LogP contribution >= 0.6 is 0 Å². The Bertz CT molecular complexity index is 1680. The average Bonchev–Trinajstić information content (AvgIpc) is 3.65. The van der Waals surface area contributed by atoms with Crippen LogP contribution in [0, 0.1) is 6.92 Å². The number of piperazine rings is 1. The maximum absolute atomic E-state index is 14.1.